The topological polar surface area (TPSA) is 364 Å². The number of anilines is 1. The number of hydrogen-bond acceptors (Lipinski definition) is 18. The monoisotopic (exact) mass is 891 g/mol. The number of aromatic nitrogens is 4. The third kappa shape index (κ3) is 15.8. The lowest BCUT2D eigenvalue weighted by molar-refractivity contribution is -0.137. The zero-order chi connectivity index (χ0) is 42.6. The Hall–Kier alpha value is -2.70. The van der Waals surface area contributed by atoms with Crippen molar-refractivity contribution in [2.24, 2.45) is 5.41 Å². The summed E-state index contributed by atoms with van der Waals surface area (Å²) < 4.78 is 62.1. The summed E-state index contributed by atoms with van der Waals surface area (Å²) in [6.45, 7) is 2.59. The molecule has 1 saturated heterocycles. The Bertz CT molecular complexity index is 1860. The molecule has 3 rings (SSSR count). The van der Waals surface area contributed by atoms with E-state index in [1.54, 1.807) is 0 Å². The number of thioether (sulfide) groups is 1. The standard InChI is InChI=1S/C29H48N7O17P3S/c1-4-5-6-7-8-9-20(38)57-13-12-31-19(37)10-11-32-27(41)24(40)29(2,3)15-50-56(47,48)53-55(45,46)49-14-18-23(52-54(42,43)44)22(39)28(51-18)36-17-35-21-25(30)33-16-34-26(21)36/h7-8,16-18,22-24,28,39-40H,4-6,9-15H2,1-3H3,(H,31,37)(H,32,41)(H,45,46)(H,47,48)(H2,30,33,34)(H2,42,43,44)/b8-7-/t18-,22-,23-,24?,28-/m1/s1. The summed E-state index contributed by atoms with van der Waals surface area (Å²) in [7, 11) is -16.4. The van der Waals surface area contributed by atoms with Crippen LogP contribution in [-0.4, -0.2) is 123 Å². The largest absolute Gasteiger partial charge is 0.481 e. The van der Waals surface area contributed by atoms with Gasteiger partial charge in [-0.05, 0) is 6.42 Å². The van der Waals surface area contributed by atoms with Crippen LogP contribution in [0.4, 0.5) is 5.82 Å². The number of phosphoric acid groups is 3. The van der Waals surface area contributed by atoms with E-state index in [-0.39, 0.29) is 41.6 Å². The number of unbranched alkanes of at least 4 members (excludes halogenated alkanes) is 2. The molecule has 1 fully saturated rings. The molecule has 7 atom stereocenters. The summed E-state index contributed by atoms with van der Waals surface area (Å²) in [5.41, 5.74) is 4.27. The number of nitrogens with one attached hydrogen (secondary N) is 2. The minimum atomic E-state index is -5.57. The molecule has 322 valence electrons. The van der Waals surface area contributed by atoms with E-state index in [1.807, 2.05) is 12.2 Å². The van der Waals surface area contributed by atoms with Gasteiger partial charge in [-0.1, -0.05) is 57.5 Å². The number of phosphoric ester groups is 3. The molecule has 28 heteroatoms. The predicted molar refractivity (Wildman–Crippen MR) is 200 cm³/mol. The van der Waals surface area contributed by atoms with Crippen LogP contribution in [0.25, 0.3) is 11.2 Å². The maximum absolute atomic E-state index is 12.7. The summed E-state index contributed by atoms with van der Waals surface area (Å²) >= 11 is 1.08. The lowest BCUT2D eigenvalue weighted by Crippen LogP contribution is -2.46. The van der Waals surface area contributed by atoms with E-state index in [4.69, 9.17) is 19.5 Å². The van der Waals surface area contributed by atoms with Gasteiger partial charge in [-0.3, -0.25) is 32.5 Å². The van der Waals surface area contributed by atoms with E-state index < -0.39 is 84.6 Å². The third-order valence-corrected chi connectivity index (χ3v) is 11.9. The summed E-state index contributed by atoms with van der Waals surface area (Å²) in [5, 5.41) is 26.4. The number of hydrogen-bond donors (Lipinski definition) is 9. The van der Waals surface area contributed by atoms with Crippen LogP contribution in [0, 0.1) is 5.41 Å². The van der Waals surface area contributed by atoms with Gasteiger partial charge in [0.05, 0.1) is 19.5 Å². The number of rotatable bonds is 24. The molecule has 0 aliphatic carbocycles. The van der Waals surface area contributed by atoms with Crippen molar-refractivity contribution < 1.29 is 80.5 Å². The first-order chi connectivity index (χ1) is 26.6. The van der Waals surface area contributed by atoms with Gasteiger partial charge in [0, 0.05) is 37.1 Å². The van der Waals surface area contributed by atoms with Crippen molar-refractivity contribution >= 4 is 69.1 Å². The molecule has 57 heavy (non-hydrogen) atoms. The number of amides is 2. The number of ether oxygens (including phenoxy) is 1. The molecule has 1 aliphatic heterocycles. The van der Waals surface area contributed by atoms with Crippen molar-refractivity contribution in [3.63, 3.8) is 0 Å². The number of nitrogens with two attached hydrogens (primary N) is 1. The minimum absolute atomic E-state index is 0.0311. The highest BCUT2D eigenvalue weighted by Crippen LogP contribution is 2.61. The fourth-order valence-corrected chi connectivity index (χ4v) is 8.45. The van der Waals surface area contributed by atoms with E-state index in [0.717, 1.165) is 48.2 Å². The number of nitrogens with zero attached hydrogens (tertiary/aromatic N) is 4. The molecule has 1 aliphatic rings. The maximum atomic E-state index is 12.7. The number of carbonyl (C=O) groups is 3. The van der Waals surface area contributed by atoms with Crippen LogP contribution >= 0.6 is 35.2 Å². The summed E-state index contributed by atoms with van der Waals surface area (Å²) in [5.74, 6) is -1.09. The molecule has 2 aromatic heterocycles. The van der Waals surface area contributed by atoms with Crippen LogP contribution in [0.1, 0.15) is 59.1 Å². The van der Waals surface area contributed by atoms with Crippen LogP contribution in [0.3, 0.4) is 0 Å². The first-order valence-corrected chi connectivity index (χ1v) is 22.8. The zero-order valence-corrected chi connectivity index (χ0v) is 34.6. The average molecular weight is 892 g/mol. The van der Waals surface area contributed by atoms with Crippen LogP contribution in [0.2, 0.25) is 0 Å². The van der Waals surface area contributed by atoms with E-state index in [9.17, 15) is 57.9 Å². The summed E-state index contributed by atoms with van der Waals surface area (Å²) in [4.78, 5) is 87.5. The van der Waals surface area contributed by atoms with Gasteiger partial charge in [0.25, 0.3) is 0 Å². The zero-order valence-electron chi connectivity index (χ0n) is 31.1. The molecule has 0 aromatic carbocycles. The van der Waals surface area contributed by atoms with Gasteiger partial charge in [0.1, 0.15) is 36.3 Å². The first kappa shape index (κ1) is 48.7. The molecule has 0 spiro atoms. The Kier molecular flexibility index (Phi) is 18.4. The molecule has 3 unspecified atom stereocenters. The van der Waals surface area contributed by atoms with Gasteiger partial charge < -0.3 is 50.9 Å². The molecule has 10 N–H and O–H groups in total. The number of fused-ring (bicyclic) bond motifs is 1. The van der Waals surface area contributed by atoms with Gasteiger partial charge in [0.15, 0.2) is 22.8 Å². The average Bonchev–Trinajstić information content (AvgIpc) is 3.68. The van der Waals surface area contributed by atoms with Crippen molar-refractivity contribution in [2.45, 2.75) is 83.5 Å². The fourth-order valence-electron chi connectivity index (χ4n) is 4.97. The number of imidazole rings is 1. The highest BCUT2D eigenvalue weighted by atomic mass is 32.2. The van der Waals surface area contributed by atoms with Gasteiger partial charge in [-0.15, -0.1) is 0 Å². The lowest BCUT2D eigenvalue weighted by Gasteiger charge is -2.30. The highest BCUT2D eigenvalue weighted by molar-refractivity contribution is 8.13. The number of aliphatic hydroxyl groups is 2. The molecule has 24 nitrogen and oxygen atoms in total. The molecular weight excluding hydrogens is 843 g/mol. The molecule has 3 heterocycles. The maximum Gasteiger partial charge on any atom is 0.481 e. The fraction of sp³-hybridized carbons (Fsp3) is 0.655. The van der Waals surface area contributed by atoms with Crippen LogP contribution in [0.5, 0.6) is 0 Å². The molecule has 2 aromatic rings. The van der Waals surface area contributed by atoms with Crippen molar-refractivity contribution in [2.75, 3.05) is 37.8 Å². The Labute approximate surface area is 330 Å². The molecular formula is C29H48N7O17P3S. The Balaban J connectivity index is 1.46. The summed E-state index contributed by atoms with van der Waals surface area (Å²) in [6.07, 6.45) is 0.204. The SMILES string of the molecule is CCCC/C=C\CC(=O)SCCNC(=O)CCNC(=O)C(O)C(C)(C)COP(=O)(O)OP(=O)(O)OC[C@H]1O[C@@H](n2cnc3c(N)ncnc32)[C@H](O)[C@@H]1OP(=O)(O)O. The second kappa shape index (κ2) is 21.5. The lowest BCUT2D eigenvalue weighted by atomic mass is 9.87. The normalized spacial score (nSPS) is 21.6. The number of nitrogen functional groups attached to an aromatic ring is 1. The van der Waals surface area contributed by atoms with Gasteiger partial charge in [-0.25, -0.2) is 28.6 Å². The highest BCUT2D eigenvalue weighted by Gasteiger charge is 2.50. The molecule has 0 radical (unpaired) electrons. The Morgan fingerprint density at radius 2 is 1.77 bits per heavy atom. The van der Waals surface area contributed by atoms with E-state index in [0.29, 0.717) is 12.2 Å². The van der Waals surface area contributed by atoms with Gasteiger partial charge in [-0.2, -0.15) is 4.31 Å². The first-order valence-electron chi connectivity index (χ1n) is 17.3. The summed E-state index contributed by atoms with van der Waals surface area (Å²) in [6, 6.07) is 0. The van der Waals surface area contributed by atoms with E-state index in [2.05, 4.69) is 41.3 Å². The van der Waals surface area contributed by atoms with Crippen LogP contribution in [-0.2, 0) is 50.7 Å². The second-order valence-electron chi connectivity index (χ2n) is 13.1. The Morgan fingerprint density at radius 3 is 2.46 bits per heavy atom. The van der Waals surface area contributed by atoms with Crippen molar-refractivity contribution in [3.05, 3.63) is 24.8 Å². The second-order valence-corrected chi connectivity index (χ2v) is 18.5. The number of carbonyl (C=O) groups excluding carboxylic acids is 3. The Morgan fingerprint density at radius 1 is 1.07 bits per heavy atom. The third-order valence-electron chi connectivity index (χ3n) is 7.94. The van der Waals surface area contributed by atoms with Gasteiger partial charge in [0.2, 0.25) is 11.8 Å². The van der Waals surface area contributed by atoms with Crippen molar-refractivity contribution in [3.8, 4) is 0 Å². The van der Waals surface area contributed by atoms with E-state index >= 15 is 0 Å². The van der Waals surface area contributed by atoms with Crippen molar-refractivity contribution in [1.29, 1.82) is 0 Å². The quantitative estimate of drug-likeness (QED) is 0.0400. The molecule has 2 amide bonds. The molecule has 0 saturated carbocycles. The number of aliphatic hydroxyl groups excluding tert-OH is 2. The predicted octanol–water partition coefficient (Wildman–Crippen LogP) is 0.801. The van der Waals surface area contributed by atoms with Gasteiger partial charge >= 0.3 is 23.5 Å². The van der Waals surface area contributed by atoms with Crippen LogP contribution < -0.4 is 16.4 Å². The number of allylic oxidation sites excluding steroid dienone is 2. The van der Waals surface area contributed by atoms with Crippen LogP contribution in [0.15, 0.2) is 24.8 Å². The smallest absolute Gasteiger partial charge is 0.386 e. The van der Waals surface area contributed by atoms with Crippen molar-refractivity contribution in [1.82, 2.24) is 30.2 Å². The molecule has 0 bridgehead atoms. The minimum Gasteiger partial charge on any atom is -0.386 e. The van der Waals surface area contributed by atoms with E-state index in [1.165, 1.54) is 13.8 Å².